The normalized spacial score (nSPS) is 23.1. The van der Waals surface area contributed by atoms with Crippen LogP contribution in [0, 0.1) is 11.7 Å². The molecular weight excluding hydrogens is 245 g/mol. The van der Waals surface area contributed by atoms with Crippen LogP contribution in [0.4, 0.5) is 4.39 Å². The van der Waals surface area contributed by atoms with E-state index in [0.717, 1.165) is 12.0 Å². The highest BCUT2D eigenvalue weighted by molar-refractivity contribution is 5.72. The number of nitrogens with zero attached hydrogens (tertiary/aromatic N) is 1. The number of hydrogen-bond donors (Lipinski definition) is 0. The maximum atomic E-state index is 12.9. The van der Waals surface area contributed by atoms with Gasteiger partial charge in [0.15, 0.2) is 0 Å². The van der Waals surface area contributed by atoms with Crippen molar-refractivity contribution in [2.45, 2.75) is 19.3 Å². The minimum absolute atomic E-state index is 0.0731. The smallest absolute Gasteiger partial charge is 0.219 e. The van der Waals surface area contributed by atoms with Gasteiger partial charge in [0.1, 0.15) is 5.82 Å². The second-order valence-electron chi connectivity index (χ2n) is 5.29. The van der Waals surface area contributed by atoms with E-state index >= 15 is 0 Å². The Hall–Kier alpha value is -1.42. The molecule has 1 aliphatic heterocycles. The topological polar surface area (TPSA) is 29.5 Å². The summed E-state index contributed by atoms with van der Waals surface area (Å²) < 4.78 is 18.5. The Labute approximate surface area is 113 Å². The molecule has 104 valence electrons. The van der Waals surface area contributed by atoms with Crippen molar-refractivity contribution in [1.29, 1.82) is 0 Å². The number of hydrogen-bond acceptors (Lipinski definition) is 2. The SMILES string of the molecule is CC(=O)N(C)C[C@@H]1COCC(c2ccc(F)cc2)C1. The van der Waals surface area contributed by atoms with Crippen LogP contribution in [0.5, 0.6) is 0 Å². The molecule has 3 nitrogen and oxygen atoms in total. The van der Waals surface area contributed by atoms with Gasteiger partial charge >= 0.3 is 0 Å². The monoisotopic (exact) mass is 265 g/mol. The number of rotatable bonds is 3. The lowest BCUT2D eigenvalue weighted by molar-refractivity contribution is -0.128. The van der Waals surface area contributed by atoms with E-state index in [2.05, 4.69) is 0 Å². The Morgan fingerprint density at radius 3 is 2.68 bits per heavy atom. The van der Waals surface area contributed by atoms with Gasteiger partial charge in [-0.05, 0) is 24.1 Å². The average molecular weight is 265 g/mol. The summed E-state index contributed by atoms with van der Waals surface area (Å²) in [5, 5.41) is 0. The van der Waals surface area contributed by atoms with Crippen LogP contribution in [0.25, 0.3) is 0 Å². The predicted molar refractivity (Wildman–Crippen MR) is 71.4 cm³/mol. The highest BCUT2D eigenvalue weighted by Crippen LogP contribution is 2.29. The van der Waals surface area contributed by atoms with Crippen molar-refractivity contribution < 1.29 is 13.9 Å². The van der Waals surface area contributed by atoms with Crippen molar-refractivity contribution >= 4 is 5.91 Å². The minimum Gasteiger partial charge on any atom is -0.380 e. The molecule has 1 saturated heterocycles. The van der Waals surface area contributed by atoms with Gasteiger partial charge in [0.2, 0.25) is 5.91 Å². The molecule has 1 aromatic carbocycles. The van der Waals surface area contributed by atoms with Gasteiger partial charge in [-0.15, -0.1) is 0 Å². The third-order valence-corrected chi connectivity index (χ3v) is 3.70. The molecule has 1 heterocycles. The molecule has 2 rings (SSSR count). The molecular formula is C15H20FNO2. The summed E-state index contributed by atoms with van der Waals surface area (Å²) >= 11 is 0. The van der Waals surface area contributed by atoms with Gasteiger partial charge in [-0.25, -0.2) is 4.39 Å². The quantitative estimate of drug-likeness (QED) is 0.840. The molecule has 0 spiro atoms. The molecule has 0 saturated carbocycles. The average Bonchev–Trinajstić information content (AvgIpc) is 2.39. The Balaban J connectivity index is 1.97. The van der Waals surface area contributed by atoms with Crippen LogP contribution in [0.2, 0.25) is 0 Å². The molecule has 0 bridgehead atoms. The maximum Gasteiger partial charge on any atom is 0.219 e. The van der Waals surface area contributed by atoms with Crippen LogP contribution in [0.1, 0.15) is 24.8 Å². The summed E-state index contributed by atoms with van der Waals surface area (Å²) in [5.41, 5.74) is 1.11. The van der Waals surface area contributed by atoms with E-state index in [0.29, 0.717) is 31.6 Å². The summed E-state index contributed by atoms with van der Waals surface area (Å²) in [6.07, 6.45) is 0.975. The van der Waals surface area contributed by atoms with Crippen LogP contribution in [0.15, 0.2) is 24.3 Å². The first kappa shape index (κ1) is 14.0. The van der Waals surface area contributed by atoms with E-state index < -0.39 is 0 Å². The third kappa shape index (κ3) is 3.77. The zero-order valence-electron chi connectivity index (χ0n) is 11.4. The number of carbonyl (C=O) groups excluding carboxylic acids is 1. The van der Waals surface area contributed by atoms with Crippen molar-refractivity contribution in [3.8, 4) is 0 Å². The van der Waals surface area contributed by atoms with Crippen molar-refractivity contribution in [3.05, 3.63) is 35.6 Å². The summed E-state index contributed by atoms with van der Waals surface area (Å²) in [5.74, 6) is 0.495. The number of carbonyl (C=O) groups is 1. The first-order valence-electron chi connectivity index (χ1n) is 6.61. The van der Waals surface area contributed by atoms with Crippen LogP contribution < -0.4 is 0 Å². The maximum absolute atomic E-state index is 12.9. The number of benzene rings is 1. The highest BCUT2D eigenvalue weighted by atomic mass is 19.1. The molecule has 1 amide bonds. The van der Waals surface area contributed by atoms with Crippen molar-refractivity contribution in [3.63, 3.8) is 0 Å². The van der Waals surface area contributed by atoms with Gasteiger partial charge in [0.25, 0.3) is 0 Å². The van der Waals surface area contributed by atoms with Gasteiger partial charge in [-0.3, -0.25) is 4.79 Å². The fourth-order valence-electron chi connectivity index (χ4n) is 2.53. The fourth-order valence-corrected chi connectivity index (χ4v) is 2.53. The molecule has 19 heavy (non-hydrogen) atoms. The van der Waals surface area contributed by atoms with Crippen molar-refractivity contribution in [2.24, 2.45) is 5.92 Å². The molecule has 1 aromatic rings. The van der Waals surface area contributed by atoms with E-state index in [9.17, 15) is 9.18 Å². The summed E-state index contributed by atoms with van der Waals surface area (Å²) in [6, 6.07) is 6.61. The van der Waals surface area contributed by atoms with E-state index in [4.69, 9.17) is 4.74 Å². The number of amides is 1. The summed E-state index contributed by atoms with van der Waals surface area (Å²) in [7, 11) is 1.81. The van der Waals surface area contributed by atoms with Crippen LogP contribution in [-0.2, 0) is 9.53 Å². The molecule has 1 unspecified atom stereocenters. The van der Waals surface area contributed by atoms with Crippen LogP contribution in [0.3, 0.4) is 0 Å². The van der Waals surface area contributed by atoms with Gasteiger partial charge < -0.3 is 9.64 Å². The lowest BCUT2D eigenvalue weighted by Gasteiger charge is -2.32. The Morgan fingerprint density at radius 2 is 2.05 bits per heavy atom. The van der Waals surface area contributed by atoms with E-state index in [1.165, 1.54) is 12.1 Å². The fraction of sp³-hybridized carbons (Fsp3) is 0.533. The predicted octanol–water partition coefficient (Wildman–Crippen LogP) is 2.42. The lowest BCUT2D eigenvalue weighted by atomic mass is 9.87. The molecule has 1 fully saturated rings. The van der Waals surface area contributed by atoms with Gasteiger partial charge in [0, 0.05) is 32.4 Å². The van der Waals surface area contributed by atoms with E-state index in [-0.39, 0.29) is 11.7 Å². The highest BCUT2D eigenvalue weighted by Gasteiger charge is 2.25. The van der Waals surface area contributed by atoms with Crippen molar-refractivity contribution in [2.75, 3.05) is 26.8 Å². The molecule has 4 heteroatoms. The molecule has 1 aliphatic rings. The van der Waals surface area contributed by atoms with Gasteiger partial charge in [0.05, 0.1) is 13.2 Å². The molecule has 0 aromatic heterocycles. The Bertz CT molecular complexity index is 432. The van der Waals surface area contributed by atoms with Crippen LogP contribution in [-0.4, -0.2) is 37.6 Å². The van der Waals surface area contributed by atoms with Crippen LogP contribution >= 0.6 is 0 Å². The first-order valence-corrected chi connectivity index (χ1v) is 6.61. The standard InChI is InChI=1S/C15H20FNO2/c1-11(18)17(2)8-12-7-14(10-19-9-12)13-3-5-15(16)6-4-13/h3-6,12,14H,7-10H2,1-2H3/t12-,14?/m1/s1. The lowest BCUT2D eigenvalue weighted by Crippen LogP contribution is -2.35. The number of ether oxygens (including phenoxy) is 1. The van der Waals surface area contributed by atoms with E-state index in [1.54, 1.807) is 11.8 Å². The first-order chi connectivity index (χ1) is 9.06. The second kappa shape index (κ2) is 6.15. The minimum atomic E-state index is -0.214. The zero-order chi connectivity index (χ0) is 13.8. The Morgan fingerprint density at radius 1 is 1.37 bits per heavy atom. The Kier molecular flexibility index (Phi) is 4.53. The van der Waals surface area contributed by atoms with Gasteiger partial charge in [-0.2, -0.15) is 0 Å². The molecule has 0 aliphatic carbocycles. The summed E-state index contributed by atoms with van der Waals surface area (Å²) in [4.78, 5) is 13.0. The number of halogens is 1. The molecule has 2 atom stereocenters. The zero-order valence-corrected chi connectivity index (χ0v) is 11.4. The van der Waals surface area contributed by atoms with E-state index in [1.807, 2.05) is 19.2 Å². The summed E-state index contributed by atoms with van der Waals surface area (Å²) in [6.45, 7) is 3.65. The van der Waals surface area contributed by atoms with Gasteiger partial charge in [-0.1, -0.05) is 12.1 Å². The molecule has 0 N–H and O–H groups in total. The second-order valence-corrected chi connectivity index (χ2v) is 5.29. The van der Waals surface area contributed by atoms with Crippen molar-refractivity contribution in [1.82, 2.24) is 4.90 Å². The third-order valence-electron chi connectivity index (χ3n) is 3.70. The molecule has 0 radical (unpaired) electrons. The largest absolute Gasteiger partial charge is 0.380 e.